The summed E-state index contributed by atoms with van der Waals surface area (Å²) in [6.45, 7) is 9.00. The van der Waals surface area contributed by atoms with Crippen LogP contribution in [0, 0.1) is 0 Å². The monoisotopic (exact) mass is 983 g/mol. The smallest absolute Gasteiger partial charge is 0.744 e. The van der Waals surface area contributed by atoms with Crippen LogP contribution < -0.4 is 0 Å². The first-order valence-electron chi connectivity index (χ1n) is 25.9. The van der Waals surface area contributed by atoms with Gasteiger partial charge in [-0.15, -0.1) is 0 Å². The second-order valence-corrected chi connectivity index (χ2v) is 21.3. The summed E-state index contributed by atoms with van der Waals surface area (Å²) in [4.78, 5) is -0.265. The molecule has 0 saturated heterocycles. The van der Waals surface area contributed by atoms with E-state index >= 15 is 0 Å². The molecule has 0 heterocycles. The van der Waals surface area contributed by atoms with E-state index in [4.69, 9.17) is 0 Å². The number of unbranched alkanes of at least 4 members (excludes halogenated alkanes) is 24. The Hall–Kier alpha value is -2.16. The summed E-state index contributed by atoms with van der Waals surface area (Å²) < 4.78 is 68.8. The van der Waals surface area contributed by atoms with Crippen LogP contribution in [0.25, 0.3) is 21.5 Å². The second-order valence-electron chi connectivity index (χ2n) is 18.6. The quantitative estimate of drug-likeness (QED) is 0.0262. The van der Waals surface area contributed by atoms with Crippen molar-refractivity contribution >= 4 is 41.8 Å². The molecule has 0 aliphatic heterocycles. The van der Waals surface area contributed by atoms with Gasteiger partial charge in [-0.2, -0.15) is 0 Å². The zero-order valence-electron chi connectivity index (χ0n) is 41.4. The van der Waals surface area contributed by atoms with E-state index < -0.39 is 20.2 Å². The summed E-state index contributed by atoms with van der Waals surface area (Å²) in [5.74, 6) is 0. The molecule has 0 bridgehead atoms. The van der Waals surface area contributed by atoms with Gasteiger partial charge in [0.25, 0.3) is 0 Å². The van der Waals surface area contributed by atoms with E-state index in [1.165, 1.54) is 201 Å². The third-order valence-corrected chi connectivity index (χ3v) is 14.8. The summed E-state index contributed by atoms with van der Waals surface area (Å²) in [7, 11) is -8.85. The molecule has 0 fully saturated rings. The molecule has 0 spiro atoms. The Morgan fingerprint density at radius 2 is 0.600 bits per heavy atom. The fourth-order valence-corrected chi connectivity index (χ4v) is 10.3. The number of fused-ring (bicyclic) bond motifs is 2. The van der Waals surface area contributed by atoms with E-state index in [1.807, 2.05) is 24.3 Å². The summed E-state index contributed by atoms with van der Waals surface area (Å²) in [5, 5.41) is 3.96. The van der Waals surface area contributed by atoms with Gasteiger partial charge in [0.15, 0.2) is 0 Å². The van der Waals surface area contributed by atoms with E-state index in [2.05, 4.69) is 39.8 Å². The Morgan fingerprint density at radius 3 is 0.877 bits per heavy atom. The summed E-state index contributed by atoms with van der Waals surface area (Å²) in [6.07, 6.45) is 40.3. The largest absolute Gasteiger partial charge is 2.00 e. The number of hydrogen-bond donors (Lipinski definition) is 0. The van der Waals surface area contributed by atoms with Crippen LogP contribution in [0.1, 0.15) is 230 Å². The first kappa shape index (κ1) is 59.0. The van der Waals surface area contributed by atoms with Crippen molar-refractivity contribution in [3.63, 3.8) is 0 Å². The third-order valence-electron chi connectivity index (χ3n) is 13.1. The van der Waals surface area contributed by atoms with Gasteiger partial charge in [-0.3, -0.25) is 0 Å². The first-order valence-corrected chi connectivity index (χ1v) is 28.8. The van der Waals surface area contributed by atoms with Crippen molar-refractivity contribution in [1.29, 1.82) is 0 Å². The predicted molar refractivity (Wildman–Crippen MR) is 271 cm³/mol. The van der Waals surface area contributed by atoms with Gasteiger partial charge in [0.05, 0.1) is 9.79 Å². The third kappa shape index (κ3) is 23.1. The van der Waals surface area contributed by atoms with Gasteiger partial charge in [0.2, 0.25) is 0 Å². The predicted octanol–water partition coefficient (Wildman–Crippen LogP) is 16.7. The topological polar surface area (TPSA) is 114 Å². The van der Waals surface area contributed by atoms with Crippen LogP contribution in [0.2, 0.25) is 0 Å². The SMILES string of the molecule is CCCCCCCCCc1ccc2cc(S(=O)(=O)[O-])ccc2c1CCCCCCCCC.CCCCCCCCCc1ccc2cc(S(=O)(=O)[O-])ccc2c1CCCCCCCCC.[Zn+2]. The normalized spacial score (nSPS) is 11.8. The molecular weight excluding hydrogens is 898 g/mol. The van der Waals surface area contributed by atoms with Crippen LogP contribution in [-0.2, 0) is 65.4 Å². The molecule has 0 saturated carbocycles. The second kappa shape index (κ2) is 34.2. The van der Waals surface area contributed by atoms with E-state index in [9.17, 15) is 25.9 Å². The van der Waals surface area contributed by atoms with Crippen molar-refractivity contribution in [2.45, 2.75) is 243 Å². The Bertz CT molecular complexity index is 1960. The van der Waals surface area contributed by atoms with Crippen LogP contribution in [0.3, 0.4) is 0 Å². The fraction of sp³-hybridized carbons (Fsp3) is 0.643. The van der Waals surface area contributed by atoms with E-state index in [0.29, 0.717) is 0 Å². The molecule has 0 aliphatic rings. The van der Waals surface area contributed by atoms with Gasteiger partial charge in [-0.05, 0) is 119 Å². The van der Waals surface area contributed by atoms with E-state index in [0.717, 1.165) is 60.1 Å². The van der Waals surface area contributed by atoms with Crippen molar-refractivity contribution in [3.05, 3.63) is 82.9 Å². The van der Waals surface area contributed by atoms with Crippen LogP contribution >= 0.6 is 0 Å². The molecule has 0 aromatic heterocycles. The molecule has 0 aliphatic carbocycles. The van der Waals surface area contributed by atoms with Crippen molar-refractivity contribution in [2.24, 2.45) is 0 Å². The van der Waals surface area contributed by atoms with Crippen LogP contribution in [-0.4, -0.2) is 25.9 Å². The minimum Gasteiger partial charge on any atom is -0.744 e. The maximum atomic E-state index is 11.5. The van der Waals surface area contributed by atoms with Crippen molar-refractivity contribution in [2.75, 3.05) is 0 Å². The average molecular weight is 985 g/mol. The molecule has 4 rings (SSSR count). The van der Waals surface area contributed by atoms with Gasteiger partial charge in [-0.25, -0.2) is 16.8 Å². The van der Waals surface area contributed by atoms with Gasteiger partial charge in [0.1, 0.15) is 20.2 Å². The molecule has 0 atom stereocenters. The number of rotatable bonds is 34. The van der Waals surface area contributed by atoms with E-state index in [-0.39, 0.29) is 29.3 Å². The van der Waals surface area contributed by atoms with Gasteiger partial charge < -0.3 is 9.11 Å². The molecule has 4 aromatic carbocycles. The van der Waals surface area contributed by atoms with Crippen LogP contribution in [0.15, 0.2) is 70.5 Å². The van der Waals surface area contributed by atoms with E-state index in [1.54, 1.807) is 12.1 Å². The van der Waals surface area contributed by atoms with Crippen molar-refractivity contribution < 1.29 is 45.4 Å². The first-order chi connectivity index (χ1) is 30.9. The Kier molecular flexibility index (Phi) is 31.0. The molecule has 0 N–H and O–H groups in total. The summed E-state index contributed by atoms with van der Waals surface area (Å²) in [5.41, 5.74) is 5.51. The van der Waals surface area contributed by atoms with Crippen LogP contribution in [0.4, 0.5) is 0 Å². The molecule has 360 valence electrons. The summed E-state index contributed by atoms with van der Waals surface area (Å²) >= 11 is 0. The molecule has 0 unspecified atom stereocenters. The zero-order chi connectivity index (χ0) is 46.5. The van der Waals surface area contributed by atoms with Crippen molar-refractivity contribution in [1.82, 2.24) is 0 Å². The Morgan fingerprint density at radius 1 is 0.338 bits per heavy atom. The number of benzene rings is 4. The number of hydrogen-bond acceptors (Lipinski definition) is 6. The molecule has 0 radical (unpaired) electrons. The van der Waals surface area contributed by atoms with Gasteiger partial charge >= 0.3 is 19.5 Å². The molecule has 9 heteroatoms. The number of aryl methyl sites for hydroxylation is 4. The Balaban J connectivity index is 0.000000440. The fourth-order valence-electron chi connectivity index (χ4n) is 9.27. The van der Waals surface area contributed by atoms with Gasteiger partial charge in [-0.1, -0.05) is 218 Å². The standard InChI is InChI=1S/2C28H44O3S.Zn/c2*1-3-5-7-9-11-13-15-17-24-19-20-25-23-26(32(29,30)31)21-22-28(25)27(24)18-16-14-12-10-8-6-4-2;/h2*19-23H,3-18H2,1-2H3,(H,29,30,31);/q;;+2/p-2. The molecule has 0 amide bonds. The minimum absolute atomic E-state index is 0. The average Bonchev–Trinajstić information content (AvgIpc) is 3.27. The van der Waals surface area contributed by atoms with Gasteiger partial charge in [0, 0.05) is 0 Å². The molecule has 6 nitrogen and oxygen atoms in total. The maximum Gasteiger partial charge on any atom is 2.00 e. The molecule has 4 aromatic rings. The van der Waals surface area contributed by atoms with Crippen LogP contribution in [0.5, 0.6) is 0 Å². The Labute approximate surface area is 410 Å². The molecule has 65 heavy (non-hydrogen) atoms. The molecular formula is C56H86O6S2Zn. The zero-order valence-corrected chi connectivity index (χ0v) is 46.0. The maximum absolute atomic E-state index is 11.5. The van der Waals surface area contributed by atoms with Crippen molar-refractivity contribution in [3.8, 4) is 0 Å². The summed E-state index contributed by atoms with van der Waals surface area (Å²) in [6, 6.07) is 18.1. The minimum atomic E-state index is -4.43.